The average Bonchev–Trinajstić information content (AvgIpc) is 2.75. The van der Waals surface area contributed by atoms with Gasteiger partial charge in [-0.1, -0.05) is 6.42 Å². The number of carbonyl (C=O) groups excluding carboxylic acids is 1. The molecule has 94 valence electrons. The highest BCUT2D eigenvalue weighted by molar-refractivity contribution is 5.85. The Morgan fingerprint density at radius 3 is 2.31 bits per heavy atom. The van der Waals surface area contributed by atoms with E-state index >= 15 is 0 Å². The van der Waals surface area contributed by atoms with Crippen LogP contribution < -0.4 is 11.5 Å². The second-order valence-corrected chi connectivity index (χ2v) is 4.93. The highest BCUT2D eigenvalue weighted by Crippen LogP contribution is 2.28. The zero-order chi connectivity index (χ0) is 11.0. The largest absolute Gasteiger partial charge is 0.338 e. The van der Waals surface area contributed by atoms with Crippen LogP contribution in [0.4, 0.5) is 0 Å². The van der Waals surface area contributed by atoms with Crippen molar-refractivity contribution in [2.45, 2.75) is 50.7 Å². The summed E-state index contributed by atoms with van der Waals surface area (Å²) in [6.45, 7) is 2.85. The fourth-order valence-electron chi connectivity index (χ4n) is 2.78. The third-order valence-electron chi connectivity index (χ3n) is 3.98. The molecule has 1 aliphatic carbocycles. The lowest BCUT2D eigenvalue weighted by molar-refractivity contribution is -0.136. The first kappa shape index (κ1) is 13.7. The summed E-state index contributed by atoms with van der Waals surface area (Å²) in [7, 11) is 0. The molecule has 4 N–H and O–H groups in total. The van der Waals surface area contributed by atoms with Crippen molar-refractivity contribution in [1.29, 1.82) is 0 Å². The van der Waals surface area contributed by atoms with Crippen LogP contribution in [0.15, 0.2) is 0 Å². The Bertz CT molecular complexity index is 262. The predicted molar refractivity (Wildman–Crippen MR) is 66.3 cm³/mol. The summed E-state index contributed by atoms with van der Waals surface area (Å²) in [6, 6.07) is 0.401. The van der Waals surface area contributed by atoms with Crippen LogP contribution in [-0.2, 0) is 4.79 Å². The molecule has 2 fully saturated rings. The van der Waals surface area contributed by atoms with E-state index in [2.05, 4.69) is 0 Å². The van der Waals surface area contributed by atoms with Crippen molar-refractivity contribution in [3.63, 3.8) is 0 Å². The van der Waals surface area contributed by atoms with E-state index in [9.17, 15) is 4.79 Å². The molecule has 1 amide bonds. The van der Waals surface area contributed by atoms with Crippen LogP contribution in [0.2, 0.25) is 0 Å². The molecule has 16 heavy (non-hydrogen) atoms. The quantitative estimate of drug-likeness (QED) is 0.708. The first-order valence-corrected chi connectivity index (χ1v) is 5.93. The topological polar surface area (TPSA) is 72.3 Å². The molecule has 2 aliphatic rings. The molecular weight excluding hydrogens is 226 g/mol. The van der Waals surface area contributed by atoms with E-state index in [1.807, 2.05) is 11.8 Å². The number of amides is 1. The summed E-state index contributed by atoms with van der Waals surface area (Å²) in [5.41, 5.74) is 11.9. The zero-order valence-electron chi connectivity index (χ0n) is 9.76. The maximum atomic E-state index is 12.2. The molecule has 5 heteroatoms. The van der Waals surface area contributed by atoms with Gasteiger partial charge >= 0.3 is 0 Å². The number of carbonyl (C=O) groups is 1. The highest BCUT2D eigenvalue weighted by Gasteiger charge is 2.38. The van der Waals surface area contributed by atoms with Gasteiger partial charge in [0.25, 0.3) is 0 Å². The number of hydrogen-bond donors (Lipinski definition) is 2. The minimum atomic E-state index is 0. The predicted octanol–water partition coefficient (Wildman–Crippen LogP) is 0.484. The van der Waals surface area contributed by atoms with Gasteiger partial charge < -0.3 is 16.4 Å². The standard InChI is InChI=1S/C11H21N3O.ClH/c1-7-9(12)5-6-14(7)11(15)8-3-2-4-10(8)13;/h7-10H,2-6,12-13H2,1H3;1H. The number of rotatable bonds is 1. The SMILES string of the molecule is CC1C(N)CCN1C(=O)C1CCCC1N.Cl. The number of hydrogen-bond acceptors (Lipinski definition) is 3. The van der Waals surface area contributed by atoms with Gasteiger partial charge in [0.2, 0.25) is 5.91 Å². The number of halogens is 1. The molecule has 1 saturated heterocycles. The Morgan fingerprint density at radius 1 is 1.19 bits per heavy atom. The molecule has 0 aromatic heterocycles. The van der Waals surface area contributed by atoms with E-state index in [1.54, 1.807) is 0 Å². The molecule has 0 radical (unpaired) electrons. The summed E-state index contributed by atoms with van der Waals surface area (Å²) >= 11 is 0. The molecule has 0 aromatic carbocycles. The van der Waals surface area contributed by atoms with E-state index < -0.39 is 0 Å². The first-order valence-electron chi connectivity index (χ1n) is 5.93. The van der Waals surface area contributed by atoms with Gasteiger partial charge in [-0.25, -0.2) is 0 Å². The summed E-state index contributed by atoms with van der Waals surface area (Å²) in [4.78, 5) is 14.1. The van der Waals surface area contributed by atoms with Crippen molar-refractivity contribution >= 4 is 18.3 Å². The first-order chi connectivity index (χ1) is 7.11. The normalized spacial score (nSPS) is 38.6. The lowest BCUT2D eigenvalue weighted by Gasteiger charge is -2.27. The average molecular weight is 248 g/mol. The van der Waals surface area contributed by atoms with Crippen LogP contribution >= 0.6 is 12.4 Å². The maximum Gasteiger partial charge on any atom is 0.227 e. The summed E-state index contributed by atoms with van der Waals surface area (Å²) < 4.78 is 0. The third-order valence-corrected chi connectivity index (χ3v) is 3.98. The molecule has 4 atom stereocenters. The van der Waals surface area contributed by atoms with Crippen LogP contribution in [0.1, 0.15) is 32.6 Å². The second kappa shape index (κ2) is 5.34. The van der Waals surface area contributed by atoms with Crippen LogP contribution in [0.25, 0.3) is 0 Å². The monoisotopic (exact) mass is 247 g/mol. The number of likely N-dealkylation sites (tertiary alicyclic amines) is 1. The van der Waals surface area contributed by atoms with Gasteiger partial charge in [0.15, 0.2) is 0 Å². The molecule has 1 aliphatic heterocycles. The third kappa shape index (κ3) is 2.34. The van der Waals surface area contributed by atoms with E-state index in [0.29, 0.717) is 0 Å². The van der Waals surface area contributed by atoms with Gasteiger partial charge in [-0.05, 0) is 26.2 Å². The molecule has 0 spiro atoms. The van der Waals surface area contributed by atoms with Crippen LogP contribution in [0.3, 0.4) is 0 Å². The van der Waals surface area contributed by atoms with E-state index in [1.165, 1.54) is 0 Å². The second-order valence-electron chi connectivity index (χ2n) is 4.93. The van der Waals surface area contributed by atoms with Gasteiger partial charge in [0.05, 0.1) is 5.92 Å². The Hall–Kier alpha value is -0.320. The van der Waals surface area contributed by atoms with Gasteiger partial charge in [-0.3, -0.25) is 4.79 Å². The number of nitrogens with zero attached hydrogens (tertiary/aromatic N) is 1. The van der Waals surface area contributed by atoms with E-state index in [-0.39, 0.29) is 42.4 Å². The zero-order valence-corrected chi connectivity index (χ0v) is 10.6. The van der Waals surface area contributed by atoms with Crippen LogP contribution in [0.5, 0.6) is 0 Å². The van der Waals surface area contributed by atoms with Crippen molar-refractivity contribution in [3.05, 3.63) is 0 Å². The van der Waals surface area contributed by atoms with Crippen LogP contribution in [-0.4, -0.2) is 35.5 Å². The van der Waals surface area contributed by atoms with Crippen molar-refractivity contribution < 1.29 is 4.79 Å². The fourth-order valence-corrected chi connectivity index (χ4v) is 2.78. The smallest absolute Gasteiger partial charge is 0.227 e. The van der Waals surface area contributed by atoms with Gasteiger partial charge in [0.1, 0.15) is 0 Å². The van der Waals surface area contributed by atoms with Crippen molar-refractivity contribution in [2.24, 2.45) is 17.4 Å². The molecule has 2 rings (SSSR count). The lowest BCUT2D eigenvalue weighted by Crippen LogP contribution is -2.46. The fraction of sp³-hybridized carbons (Fsp3) is 0.909. The summed E-state index contributed by atoms with van der Waals surface area (Å²) in [6.07, 6.45) is 3.96. The summed E-state index contributed by atoms with van der Waals surface area (Å²) in [5.74, 6) is 0.290. The molecule has 1 heterocycles. The van der Waals surface area contributed by atoms with Crippen molar-refractivity contribution in [1.82, 2.24) is 4.90 Å². The Labute approximate surface area is 103 Å². The van der Waals surface area contributed by atoms with Gasteiger partial charge in [-0.15, -0.1) is 12.4 Å². The minimum absolute atomic E-state index is 0. The molecular formula is C11H22ClN3O. The van der Waals surface area contributed by atoms with Crippen LogP contribution in [0, 0.1) is 5.92 Å². The van der Waals surface area contributed by atoms with Gasteiger partial charge in [-0.2, -0.15) is 0 Å². The molecule has 4 unspecified atom stereocenters. The van der Waals surface area contributed by atoms with Gasteiger partial charge in [0, 0.05) is 24.7 Å². The van der Waals surface area contributed by atoms with Crippen molar-refractivity contribution in [3.8, 4) is 0 Å². The Balaban J connectivity index is 0.00000128. The summed E-state index contributed by atoms with van der Waals surface area (Å²) in [5, 5.41) is 0. The lowest BCUT2D eigenvalue weighted by atomic mass is 10.0. The van der Waals surface area contributed by atoms with E-state index in [0.717, 1.165) is 32.2 Å². The molecule has 0 aromatic rings. The Kier molecular flexibility index (Phi) is 4.59. The Morgan fingerprint density at radius 2 is 1.88 bits per heavy atom. The molecule has 0 bridgehead atoms. The molecule has 1 saturated carbocycles. The number of nitrogens with two attached hydrogens (primary N) is 2. The van der Waals surface area contributed by atoms with Crippen molar-refractivity contribution in [2.75, 3.05) is 6.54 Å². The highest BCUT2D eigenvalue weighted by atomic mass is 35.5. The minimum Gasteiger partial charge on any atom is -0.338 e. The maximum absolute atomic E-state index is 12.2. The van der Waals surface area contributed by atoms with E-state index in [4.69, 9.17) is 11.5 Å². The molecule has 4 nitrogen and oxygen atoms in total.